The number of carbonyl (C=O) groups excluding carboxylic acids is 3. The van der Waals surface area contributed by atoms with Crippen molar-refractivity contribution in [1.82, 2.24) is 10.2 Å². The Balaban J connectivity index is 2.07. The van der Waals surface area contributed by atoms with E-state index >= 15 is 0 Å². The smallest absolute Gasteiger partial charge is 0.369 e. The van der Waals surface area contributed by atoms with E-state index in [0.29, 0.717) is 18.1 Å². The molecule has 0 bridgehead atoms. The summed E-state index contributed by atoms with van der Waals surface area (Å²) in [5, 5.41) is 7.96. The summed E-state index contributed by atoms with van der Waals surface area (Å²) in [5.41, 5.74) is 0. The molecule has 0 radical (unpaired) electrons. The lowest BCUT2D eigenvalue weighted by molar-refractivity contribution is -0.117. The van der Waals surface area contributed by atoms with Crippen LogP contribution in [-0.4, -0.2) is 45.6 Å². The Labute approximate surface area is 123 Å². The van der Waals surface area contributed by atoms with Crippen LogP contribution in [0.4, 0.5) is 5.13 Å². The highest BCUT2D eigenvalue weighted by molar-refractivity contribution is 8.14. The maximum absolute atomic E-state index is 11.9. The summed E-state index contributed by atoms with van der Waals surface area (Å²) in [5.74, 6) is -0.659. The second-order valence-electron chi connectivity index (χ2n) is 4.05. The molecule has 1 aromatic heterocycles. The highest BCUT2D eigenvalue weighted by Gasteiger charge is 2.34. The molecule has 0 saturated carbocycles. The minimum Gasteiger partial charge on any atom is -0.461 e. The number of hydrogen-bond acceptors (Lipinski definition) is 8. The van der Waals surface area contributed by atoms with E-state index in [0.717, 1.165) is 23.1 Å². The first-order valence-corrected chi connectivity index (χ1v) is 7.69. The number of hydrogen-bond donors (Lipinski definition) is 0. The molecule has 0 aromatic carbocycles. The predicted molar refractivity (Wildman–Crippen MR) is 74.9 cm³/mol. The van der Waals surface area contributed by atoms with E-state index in [-0.39, 0.29) is 27.9 Å². The highest BCUT2D eigenvalue weighted by atomic mass is 32.2. The zero-order chi connectivity index (χ0) is 14.7. The van der Waals surface area contributed by atoms with Crippen molar-refractivity contribution in [2.75, 3.05) is 18.1 Å². The van der Waals surface area contributed by atoms with Crippen LogP contribution in [0.3, 0.4) is 0 Å². The van der Waals surface area contributed by atoms with E-state index in [9.17, 15) is 14.4 Å². The maximum Gasteiger partial charge on any atom is 0.369 e. The largest absolute Gasteiger partial charge is 0.461 e. The summed E-state index contributed by atoms with van der Waals surface area (Å²) in [4.78, 5) is 35.9. The van der Waals surface area contributed by atoms with Crippen molar-refractivity contribution in [3.05, 3.63) is 5.01 Å². The average molecular weight is 315 g/mol. The third-order valence-corrected chi connectivity index (χ3v) is 4.42. The monoisotopic (exact) mass is 315 g/mol. The van der Waals surface area contributed by atoms with Gasteiger partial charge in [-0.25, -0.2) is 4.79 Å². The molecule has 2 rings (SSSR count). The van der Waals surface area contributed by atoms with Crippen molar-refractivity contribution in [1.29, 1.82) is 0 Å². The molecule has 0 aliphatic carbocycles. The van der Waals surface area contributed by atoms with Gasteiger partial charge in [0.15, 0.2) is 5.12 Å². The van der Waals surface area contributed by atoms with Crippen molar-refractivity contribution >= 4 is 45.2 Å². The summed E-state index contributed by atoms with van der Waals surface area (Å²) in [6.07, 6.45) is 0.290. The van der Waals surface area contributed by atoms with Crippen LogP contribution in [0.15, 0.2) is 0 Å². The van der Waals surface area contributed by atoms with Gasteiger partial charge in [0.05, 0.1) is 6.61 Å². The van der Waals surface area contributed by atoms with E-state index in [1.54, 1.807) is 6.92 Å². The van der Waals surface area contributed by atoms with Crippen LogP contribution in [0.2, 0.25) is 0 Å². The Morgan fingerprint density at radius 1 is 1.50 bits per heavy atom. The fourth-order valence-electron chi connectivity index (χ4n) is 1.77. The van der Waals surface area contributed by atoms with E-state index < -0.39 is 5.97 Å². The molecular formula is C11H13N3O4S2. The molecule has 9 heteroatoms. The predicted octanol–water partition coefficient (Wildman–Crippen LogP) is 1.10. The molecule has 20 heavy (non-hydrogen) atoms. The molecule has 1 unspecified atom stereocenters. The van der Waals surface area contributed by atoms with Gasteiger partial charge >= 0.3 is 5.97 Å². The van der Waals surface area contributed by atoms with Crippen molar-refractivity contribution in [2.24, 2.45) is 0 Å². The summed E-state index contributed by atoms with van der Waals surface area (Å²) in [7, 11) is 0. The van der Waals surface area contributed by atoms with E-state index in [1.165, 1.54) is 11.8 Å². The number of anilines is 1. The van der Waals surface area contributed by atoms with E-state index in [4.69, 9.17) is 4.74 Å². The van der Waals surface area contributed by atoms with E-state index in [1.807, 2.05) is 0 Å². The summed E-state index contributed by atoms with van der Waals surface area (Å²) < 4.78 is 4.82. The van der Waals surface area contributed by atoms with Crippen LogP contribution in [-0.2, 0) is 14.3 Å². The minimum atomic E-state index is -0.544. The molecule has 1 aliphatic heterocycles. The summed E-state index contributed by atoms with van der Waals surface area (Å²) in [6.45, 7) is 3.84. The fourth-order valence-corrected chi connectivity index (χ4v) is 3.46. The van der Waals surface area contributed by atoms with Crippen LogP contribution in [0.1, 0.15) is 30.1 Å². The third kappa shape index (κ3) is 3.34. The molecule has 0 N–H and O–H groups in total. The molecule has 1 fully saturated rings. The van der Waals surface area contributed by atoms with Crippen molar-refractivity contribution in [2.45, 2.75) is 25.5 Å². The Morgan fingerprint density at radius 2 is 2.25 bits per heavy atom. The molecule has 1 atom stereocenters. The Hall–Kier alpha value is -1.48. The molecule has 1 aromatic rings. The van der Waals surface area contributed by atoms with Crippen LogP contribution < -0.4 is 4.90 Å². The normalized spacial score (nSPS) is 18.4. The quantitative estimate of drug-likeness (QED) is 0.768. The molecule has 108 valence electrons. The average Bonchev–Trinajstić information content (AvgIpc) is 2.95. The lowest BCUT2D eigenvalue weighted by Gasteiger charge is -2.10. The Kier molecular flexibility index (Phi) is 4.71. The van der Waals surface area contributed by atoms with Crippen LogP contribution in [0.25, 0.3) is 0 Å². The van der Waals surface area contributed by atoms with E-state index in [2.05, 4.69) is 10.2 Å². The molecule has 1 amide bonds. The number of amides is 1. The number of thioether (sulfide) groups is 1. The van der Waals surface area contributed by atoms with Crippen molar-refractivity contribution < 1.29 is 19.1 Å². The zero-order valence-electron chi connectivity index (χ0n) is 11.0. The first-order chi connectivity index (χ1) is 9.51. The molecule has 1 aliphatic rings. The van der Waals surface area contributed by atoms with Crippen molar-refractivity contribution in [3.8, 4) is 0 Å². The fraction of sp³-hybridized carbons (Fsp3) is 0.545. The molecule has 2 heterocycles. The van der Waals surface area contributed by atoms with Gasteiger partial charge in [-0.1, -0.05) is 23.1 Å². The van der Waals surface area contributed by atoms with Gasteiger partial charge in [0.25, 0.3) is 0 Å². The Morgan fingerprint density at radius 3 is 2.90 bits per heavy atom. The number of aromatic nitrogens is 2. The van der Waals surface area contributed by atoms with Gasteiger partial charge in [-0.15, -0.1) is 10.2 Å². The van der Waals surface area contributed by atoms with Gasteiger partial charge in [-0.05, 0) is 6.92 Å². The first-order valence-electron chi connectivity index (χ1n) is 5.99. The Bertz CT molecular complexity index is 546. The second kappa shape index (κ2) is 6.31. The van der Waals surface area contributed by atoms with Crippen LogP contribution in [0.5, 0.6) is 0 Å². The number of ether oxygens (including phenoxy) is 1. The van der Waals surface area contributed by atoms with Gasteiger partial charge in [-0.2, -0.15) is 0 Å². The molecule has 7 nitrogen and oxygen atoms in total. The van der Waals surface area contributed by atoms with Gasteiger partial charge in [0.1, 0.15) is 0 Å². The number of carbonyl (C=O) groups is 3. The highest BCUT2D eigenvalue weighted by Crippen LogP contribution is 2.30. The molecule has 0 spiro atoms. The van der Waals surface area contributed by atoms with Crippen molar-refractivity contribution in [3.63, 3.8) is 0 Å². The standard InChI is InChI=1S/C11H13N3O4S2/c1-3-18-10(17)9-12-13-11(20-9)14-5-7(4-8(14)16)19-6(2)15/h7H,3-5H2,1-2H3. The summed E-state index contributed by atoms with van der Waals surface area (Å²) in [6, 6.07) is 0. The SMILES string of the molecule is CCOC(=O)c1nnc(N2CC(SC(C)=O)CC2=O)s1. The molecular weight excluding hydrogens is 302 g/mol. The zero-order valence-corrected chi connectivity index (χ0v) is 12.6. The van der Waals surface area contributed by atoms with Crippen LogP contribution in [0, 0.1) is 0 Å². The first kappa shape index (κ1) is 14.9. The third-order valence-electron chi connectivity index (χ3n) is 2.52. The van der Waals surface area contributed by atoms with Crippen LogP contribution >= 0.6 is 23.1 Å². The number of nitrogens with zero attached hydrogens (tertiary/aromatic N) is 3. The number of esters is 1. The summed E-state index contributed by atoms with van der Waals surface area (Å²) >= 11 is 2.17. The molecule has 1 saturated heterocycles. The maximum atomic E-state index is 11.9. The van der Waals surface area contributed by atoms with Gasteiger partial charge < -0.3 is 4.74 Å². The topological polar surface area (TPSA) is 89.5 Å². The lowest BCUT2D eigenvalue weighted by Crippen LogP contribution is -2.24. The lowest BCUT2D eigenvalue weighted by atomic mass is 10.4. The van der Waals surface area contributed by atoms with Gasteiger partial charge in [-0.3, -0.25) is 14.5 Å². The van der Waals surface area contributed by atoms with Gasteiger partial charge in [0.2, 0.25) is 16.0 Å². The second-order valence-corrected chi connectivity index (χ2v) is 6.48. The number of rotatable bonds is 4. The minimum absolute atomic E-state index is 0.0193. The van der Waals surface area contributed by atoms with Gasteiger partial charge in [0, 0.05) is 25.1 Å².